The van der Waals surface area contributed by atoms with Crippen molar-refractivity contribution in [1.29, 1.82) is 0 Å². The van der Waals surface area contributed by atoms with Crippen LogP contribution in [0, 0.1) is 6.92 Å². The van der Waals surface area contributed by atoms with E-state index in [2.05, 4.69) is 66.7 Å². The van der Waals surface area contributed by atoms with Crippen LogP contribution in [-0.4, -0.2) is 30.1 Å². The molecule has 0 unspecified atom stereocenters. The lowest BCUT2D eigenvalue weighted by molar-refractivity contribution is 1.11. The van der Waals surface area contributed by atoms with Crippen molar-refractivity contribution in [3.63, 3.8) is 0 Å². The van der Waals surface area contributed by atoms with E-state index in [1.165, 1.54) is 4.88 Å². The van der Waals surface area contributed by atoms with Gasteiger partial charge >= 0.3 is 0 Å². The van der Waals surface area contributed by atoms with Crippen molar-refractivity contribution in [2.75, 3.05) is 0 Å². The van der Waals surface area contributed by atoms with E-state index >= 15 is 0 Å². The Morgan fingerprint density at radius 3 is 2.70 bits per heavy atom. The van der Waals surface area contributed by atoms with Gasteiger partial charge < -0.3 is 4.98 Å². The monoisotopic (exact) mass is 408 g/mol. The summed E-state index contributed by atoms with van der Waals surface area (Å²) in [5.74, 6) is 0. The van der Waals surface area contributed by atoms with Gasteiger partial charge in [-0.25, -0.2) is 0 Å². The maximum absolute atomic E-state index is 4.61. The second-order valence-electron chi connectivity index (χ2n) is 7.19. The normalized spacial score (nSPS) is 11.5. The lowest BCUT2D eigenvalue weighted by atomic mass is 10.1. The number of hydrogen-bond donors (Lipinski definition) is 2. The summed E-state index contributed by atoms with van der Waals surface area (Å²) < 4.78 is 0. The number of aryl methyl sites for hydroxylation is 1. The van der Waals surface area contributed by atoms with Crippen LogP contribution >= 0.6 is 11.3 Å². The summed E-state index contributed by atoms with van der Waals surface area (Å²) >= 11 is 1.71. The molecule has 6 rings (SSSR count). The quantitative estimate of drug-likeness (QED) is 0.399. The first-order valence-electron chi connectivity index (χ1n) is 9.54. The third-order valence-corrected chi connectivity index (χ3v) is 6.25. The number of hydrogen-bond acceptors (Lipinski definition) is 5. The molecule has 6 nitrogen and oxygen atoms in total. The van der Waals surface area contributed by atoms with Gasteiger partial charge in [0.1, 0.15) is 5.69 Å². The van der Waals surface area contributed by atoms with Crippen LogP contribution in [0.25, 0.3) is 54.9 Å². The first-order valence-corrected chi connectivity index (χ1v) is 10.4. The minimum atomic E-state index is 0.864. The molecule has 7 heteroatoms. The number of H-pyrrole nitrogens is 2. The molecule has 30 heavy (non-hydrogen) atoms. The molecule has 0 amide bonds. The average molecular weight is 408 g/mol. The number of aromatic nitrogens is 6. The van der Waals surface area contributed by atoms with Crippen molar-refractivity contribution in [3.8, 4) is 33.1 Å². The molecule has 6 aromatic rings. The Labute approximate surface area is 175 Å². The van der Waals surface area contributed by atoms with Crippen LogP contribution in [0.4, 0.5) is 0 Å². The van der Waals surface area contributed by atoms with E-state index in [1.807, 2.05) is 30.9 Å². The molecule has 0 aliphatic heterocycles. The summed E-state index contributed by atoms with van der Waals surface area (Å²) in [5, 5.41) is 11.9. The fraction of sp³-hybridized carbons (Fsp3) is 0.0435. The number of fused-ring (bicyclic) bond motifs is 2. The standard InChI is InChI=1S/C23H16N6S/c1-13-4-5-24-9-16(13)18-8-15-21(12-26-18)28-29-23(15)19-7-14-17(22-3-2-6-30-22)10-25-11-20(14)27-19/h2-12,27H,1H3,(H,28,29). The van der Waals surface area contributed by atoms with Crippen LogP contribution in [0.2, 0.25) is 0 Å². The number of aromatic amines is 2. The molecule has 0 bridgehead atoms. The smallest absolute Gasteiger partial charge is 0.116 e. The molecule has 0 saturated heterocycles. The summed E-state index contributed by atoms with van der Waals surface area (Å²) in [7, 11) is 0. The number of thiophene rings is 1. The van der Waals surface area contributed by atoms with E-state index in [-0.39, 0.29) is 0 Å². The molecule has 0 atom stereocenters. The van der Waals surface area contributed by atoms with Crippen LogP contribution in [0.1, 0.15) is 5.56 Å². The van der Waals surface area contributed by atoms with Gasteiger partial charge in [0.05, 0.1) is 34.8 Å². The van der Waals surface area contributed by atoms with Gasteiger partial charge in [0.2, 0.25) is 0 Å². The number of nitrogens with zero attached hydrogens (tertiary/aromatic N) is 4. The van der Waals surface area contributed by atoms with E-state index in [4.69, 9.17) is 0 Å². The Bertz CT molecular complexity index is 1510. The predicted molar refractivity (Wildman–Crippen MR) is 120 cm³/mol. The first-order chi connectivity index (χ1) is 14.8. The highest BCUT2D eigenvalue weighted by Gasteiger charge is 2.15. The highest BCUT2D eigenvalue weighted by Crippen LogP contribution is 2.35. The van der Waals surface area contributed by atoms with Gasteiger partial charge in [0, 0.05) is 45.4 Å². The van der Waals surface area contributed by atoms with Crippen molar-refractivity contribution in [2.24, 2.45) is 0 Å². The Morgan fingerprint density at radius 1 is 0.900 bits per heavy atom. The zero-order valence-electron chi connectivity index (χ0n) is 16.0. The van der Waals surface area contributed by atoms with E-state index in [0.717, 1.165) is 55.6 Å². The molecule has 0 spiro atoms. The van der Waals surface area contributed by atoms with Crippen molar-refractivity contribution in [2.45, 2.75) is 6.92 Å². The molecule has 0 aliphatic rings. The third kappa shape index (κ3) is 2.63. The lowest BCUT2D eigenvalue weighted by Gasteiger charge is -2.04. The number of rotatable bonds is 3. The molecular weight excluding hydrogens is 392 g/mol. The van der Waals surface area contributed by atoms with Gasteiger partial charge in [-0.2, -0.15) is 5.10 Å². The predicted octanol–water partition coefficient (Wildman–Crippen LogP) is 5.60. The molecule has 0 saturated carbocycles. The summed E-state index contributed by atoms with van der Waals surface area (Å²) in [4.78, 5) is 18.0. The topological polar surface area (TPSA) is 83.1 Å². The first kappa shape index (κ1) is 17.1. The molecule has 6 heterocycles. The molecule has 0 aliphatic carbocycles. The van der Waals surface area contributed by atoms with E-state index in [0.29, 0.717) is 0 Å². The van der Waals surface area contributed by atoms with Crippen LogP contribution in [0.5, 0.6) is 0 Å². The van der Waals surface area contributed by atoms with Crippen LogP contribution in [0.3, 0.4) is 0 Å². The molecule has 0 fully saturated rings. The largest absolute Gasteiger partial charge is 0.352 e. The van der Waals surface area contributed by atoms with Crippen LogP contribution in [0.15, 0.2) is 66.7 Å². The Balaban J connectivity index is 1.53. The van der Waals surface area contributed by atoms with Gasteiger partial charge in [-0.3, -0.25) is 20.1 Å². The van der Waals surface area contributed by atoms with E-state index in [1.54, 1.807) is 17.5 Å². The van der Waals surface area contributed by atoms with Crippen LogP contribution < -0.4 is 0 Å². The third-order valence-electron chi connectivity index (χ3n) is 5.35. The van der Waals surface area contributed by atoms with E-state index in [9.17, 15) is 0 Å². The molecule has 0 radical (unpaired) electrons. The van der Waals surface area contributed by atoms with Crippen molar-refractivity contribution in [3.05, 3.63) is 72.3 Å². The summed E-state index contributed by atoms with van der Waals surface area (Å²) in [6.07, 6.45) is 9.25. The van der Waals surface area contributed by atoms with Crippen molar-refractivity contribution < 1.29 is 0 Å². The number of pyridine rings is 3. The fourth-order valence-electron chi connectivity index (χ4n) is 3.81. The second kappa shape index (κ2) is 6.60. The maximum atomic E-state index is 4.61. The molecule has 6 aromatic heterocycles. The fourth-order valence-corrected chi connectivity index (χ4v) is 4.56. The lowest BCUT2D eigenvalue weighted by Crippen LogP contribution is -1.88. The Hall–Kier alpha value is -3.84. The average Bonchev–Trinajstić information content (AvgIpc) is 3.51. The van der Waals surface area contributed by atoms with Crippen LogP contribution in [-0.2, 0) is 0 Å². The highest BCUT2D eigenvalue weighted by molar-refractivity contribution is 7.13. The zero-order valence-corrected chi connectivity index (χ0v) is 16.9. The molecule has 0 aromatic carbocycles. The Kier molecular flexibility index (Phi) is 3.75. The minimum Gasteiger partial charge on any atom is -0.352 e. The summed E-state index contributed by atoms with van der Waals surface area (Å²) in [5.41, 5.74) is 7.86. The van der Waals surface area contributed by atoms with Gasteiger partial charge in [-0.1, -0.05) is 6.07 Å². The van der Waals surface area contributed by atoms with Gasteiger partial charge in [0.15, 0.2) is 0 Å². The number of nitrogens with one attached hydrogen (secondary N) is 2. The van der Waals surface area contributed by atoms with Crippen molar-refractivity contribution in [1.82, 2.24) is 30.1 Å². The maximum Gasteiger partial charge on any atom is 0.116 e. The zero-order chi connectivity index (χ0) is 20.1. The summed E-state index contributed by atoms with van der Waals surface area (Å²) in [6, 6.07) is 10.4. The SMILES string of the molecule is Cc1ccncc1-c1cc2c(-c3cc4c(-c5cccs5)cncc4[nH]3)n[nH]c2cn1. The molecule has 2 N–H and O–H groups in total. The van der Waals surface area contributed by atoms with Gasteiger partial charge in [0.25, 0.3) is 0 Å². The second-order valence-corrected chi connectivity index (χ2v) is 8.13. The molecular formula is C23H16N6S. The highest BCUT2D eigenvalue weighted by atomic mass is 32.1. The molecule has 144 valence electrons. The van der Waals surface area contributed by atoms with Crippen molar-refractivity contribution >= 4 is 33.1 Å². The van der Waals surface area contributed by atoms with Gasteiger partial charge in [-0.05, 0) is 42.1 Å². The Morgan fingerprint density at radius 2 is 1.83 bits per heavy atom. The van der Waals surface area contributed by atoms with Gasteiger partial charge in [-0.15, -0.1) is 11.3 Å². The minimum absolute atomic E-state index is 0.864. The summed E-state index contributed by atoms with van der Waals surface area (Å²) in [6.45, 7) is 2.07. The van der Waals surface area contributed by atoms with E-state index < -0.39 is 0 Å².